The molecule has 0 fully saturated rings. The molecule has 0 aromatic heterocycles. The summed E-state index contributed by atoms with van der Waals surface area (Å²) in [4.78, 5) is 11.7. The summed E-state index contributed by atoms with van der Waals surface area (Å²) in [7, 11) is 0. The first-order chi connectivity index (χ1) is 12.9. The van der Waals surface area contributed by atoms with Gasteiger partial charge < -0.3 is 19.7 Å². The second-order valence-corrected chi connectivity index (χ2v) is 6.07. The van der Waals surface area contributed by atoms with Gasteiger partial charge in [0.1, 0.15) is 37.9 Å². The van der Waals surface area contributed by atoms with Crippen LogP contribution in [-0.4, -0.2) is 42.0 Å². The Kier molecular flexibility index (Phi) is 7.60. The van der Waals surface area contributed by atoms with Gasteiger partial charge in [0.2, 0.25) is 0 Å². The van der Waals surface area contributed by atoms with Crippen LogP contribution in [0.25, 0.3) is 6.08 Å². The van der Waals surface area contributed by atoms with Crippen molar-refractivity contribution < 1.29 is 28.1 Å². The number of halogens is 2. The Morgan fingerprint density at radius 2 is 1.85 bits per heavy atom. The van der Waals surface area contributed by atoms with Crippen LogP contribution >= 0.6 is 0 Å². The Balaban J connectivity index is 1.87. The highest BCUT2D eigenvalue weighted by atomic mass is 19.1. The average Bonchev–Trinajstić information content (AvgIpc) is 2.61. The maximum atomic E-state index is 13.3. The van der Waals surface area contributed by atoms with Gasteiger partial charge in [0.05, 0.1) is 6.61 Å². The minimum atomic E-state index is -0.838. The van der Waals surface area contributed by atoms with E-state index in [1.54, 1.807) is 6.07 Å². The van der Waals surface area contributed by atoms with Gasteiger partial charge in [-0.05, 0) is 35.9 Å². The lowest BCUT2D eigenvalue weighted by atomic mass is 10.2. The van der Waals surface area contributed by atoms with Gasteiger partial charge in [-0.15, -0.1) is 0 Å². The van der Waals surface area contributed by atoms with E-state index in [0.29, 0.717) is 11.1 Å². The molecule has 2 rings (SSSR count). The standard InChI is InChI=1S/C20H21F2NO4/c21-18-7-4-16(5-8-18)6-9-20(25)27-13-11-23(26,10-12-24)15-17-2-1-3-19(22)14-17/h1-9,14,24H,10-13,15H2/b9-6+/t23-/m0/s1. The molecule has 144 valence electrons. The number of aliphatic hydroxyl groups is 1. The first-order valence-corrected chi connectivity index (χ1v) is 8.43. The summed E-state index contributed by atoms with van der Waals surface area (Å²) in [6.07, 6.45) is 2.66. The molecule has 0 heterocycles. The van der Waals surface area contributed by atoms with E-state index in [9.17, 15) is 18.8 Å². The molecular formula is C20H21F2NO4. The van der Waals surface area contributed by atoms with Crippen LogP contribution in [0.1, 0.15) is 11.1 Å². The SMILES string of the molecule is O=C(/C=C/c1ccc(F)cc1)OCC[N@@+]([O-])(CCO)Cc1cccc(F)c1. The summed E-state index contributed by atoms with van der Waals surface area (Å²) in [6, 6.07) is 11.3. The van der Waals surface area contributed by atoms with E-state index in [-0.39, 0.29) is 38.7 Å². The predicted molar refractivity (Wildman–Crippen MR) is 96.9 cm³/mol. The summed E-state index contributed by atoms with van der Waals surface area (Å²) in [5.41, 5.74) is 1.13. The molecular weight excluding hydrogens is 356 g/mol. The van der Waals surface area contributed by atoms with Crippen LogP contribution in [0.3, 0.4) is 0 Å². The number of carbonyl (C=O) groups is 1. The topological polar surface area (TPSA) is 69.6 Å². The van der Waals surface area contributed by atoms with E-state index < -0.39 is 16.4 Å². The molecule has 0 amide bonds. The molecule has 1 atom stereocenters. The van der Waals surface area contributed by atoms with Crippen molar-refractivity contribution in [2.75, 3.05) is 26.3 Å². The normalized spacial score (nSPS) is 13.5. The minimum absolute atomic E-state index is 0.0404. The number of rotatable bonds is 9. The molecule has 0 spiro atoms. The molecule has 0 saturated carbocycles. The Bertz CT molecular complexity index is 780. The summed E-state index contributed by atoms with van der Waals surface area (Å²) >= 11 is 0. The van der Waals surface area contributed by atoms with Gasteiger partial charge in [0.25, 0.3) is 0 Å². The van der Waals surface area contributed by atoms with Gasteiger partial charge >= 0.3 is 5.97 Å². The number of aliphatic hydroxyl groups excluding tert-OH is 1. The fourth-order valence-electron chi connectivity index (χ4n) is 2.52. The monoisotopic (exact) mass is 377 g/mol. The van der Waals surface area contributed by atoms with Crippen LogP contribution in [0.15, 0.2) is 54.6 Å². The molecule has 1 N–H and O–H groups in total. The summed E-state index contributed by atoms with van der Waals surface area (Å²) in [6.45, 7) is -0.698. The lowest BCUT2D eigenvalue weighted by Gasteiger charge is -2.42. The molecule has 0 aliphatic carbocycles. The van der Waals surface area contributed by atoms with Crippen molar-refractivity contribution in [2.45, 2.75) is 6.54 Å². The number of ether oxygens (including phenoxy) is 1. The fraction of sp³-hybridized carbons (Fsp3) is 0.250. The van der Waals surface area contributed by atoms with Crippen molar-refractivity contribution in [1.82, 2.24) is 0 Å². The second kappa shape index (κ2) is 9.91. The number of nitrogens with zero attached hydrogens (tertiary/aromatic N) is 1. The molecule has 5 nitrogen and oxygen atoms in total. The highest BCUT2D eigenvalue weighted by molar-refractivity contribution is 5.87. The van der Waals surface area contributed by atoms with Gasteiger partial charge in [-0.1, -0.05) is 24.3 Å². The summed E-state index contributed by atoms with van der Waals surface area (Å²) in [5.74, 6) is -1.46. The Morgan fingerprint density at radius 3 is 2.52 bits per heavy atom. The van der Waals surface area contributed by atoms with Crippen LogP contribution in [0, 0.1) is 16.8 Å². The Morgan fingerprint density at radius 1 is 1.11 bits per heavy atom. The van der Waals surface area contributed by atoms with Crippen LogP contribution in [0.4, 0.5) is 8.78 Å². The number of hydroxylamine groups is 3. The molecule has 0 saturated heterocycles. The van der Waals surface area contributed by atoms with Gasteiger partial charge in [-0.25, -0.2) is 13.6 Å². The third-order valence-electron chi connectivity index (χ3n) is 3.89. The van der Waals surface area contributed by atoms with Gasteiger partial charge in [0, 0.05) is 11.6 Å². The first kappa shape index (κ1) is 20.7. The largest absolute Gasteiger partial charge is 0.632 e. The zero-order chi connectivity index (χ0) is 19.7. The third kappa shape index (κ3) is 7.26. The molecule has 7 heteroatoms. The van der Waals surface area contributed by atoms with Crippen molar-refractivity contribution in [3.05, 3.63) is 82.6 Å². The van der Waals surface area contributed by atoms with Crippen molar-refractivity contribution in [1.29, 1.82) is 0 Å². The number of hydrogen-bond acceptors (Lipinski definition) is 4. The number of hydrogen-bond donors (Lipinski definition) is 1. The predicted octanol–water partition coefficient (Wildman–Crippen LogP) is 3.03. The second-order valence-electron chi connectivity index (χ2n) is 6.07. The molecule has 0 unspecified atom stereocenters. The number of quaternary nitrogens is 1. The van der Waals surface area contributed by atoms with Crippen molar-refractivity contribution in [3.8, 4) is 0 Å². The Labute approximate surface area is 156 Å². The summed E-state index contributed by atoms with van der Waals surface area (Å²) in [5, 5.41) is 21.9. The number of benzene rings is 2. The van der Waals surface area contributed by atoms with E-state index in [0.717, 1.165) is 0 Å². The van der Waals surface area contributed by atoms with E-state index in [1.165, 1.54) is 54.6 Å². The third-order valence-corrected chi connectivity index (χ3v) is 3.89. The zero-order valence-electron chi connectivity index (χ0n) is 14.7. The molecule has 0 radical (unpaired) electrons. The Hall–Kier alpha value is -2.61. The highest BCUT2D eigenvalue weighted by Crippen LogP contribution is 2.14. The van der Waals surface area contributed by atoms with Crippen LogP contribution in [-0.2, 0) is 16.1 Å². The van der Waals surface area contributed by atoms with Gasteiger partial charge in [-0.3, -0.25) is 0 Å². The van der Waals surface area contributed by atoms with Crippen molar-refractivity contribution >= 4 is 12.0 Å². The van der Waals surface area contributed by atoms with Crippen LogP contribution < -0.4 is 0 Å². The fourth-order valence-corrected chi connectivity index (χ4v) is 2.52. The average molecular weight is 377 g/mol. The molecule has 0 bridgehead atoms. The van der Waals surface area contributed by atoms with Crippen LogP contribution in [0.5, 0.6) is 0 Å². The van der Waals surface area contributed by atoms with Crippen molar-refractivity contribution in [3.63, 3.8) is 0 Å². The van der Waals surface area contributed by atoms with E-state index in [1.807, 2.05) is 0 Å². The molecule has 2 aromatic carbocycles. The number of carbonyl (C=O) groups excluding carboxylic acids is 1. The molecule has 2 aromatic rings. The quantitative estimate of drug-likeness (QED) is 0.316. The smallest absolute Gasteiger partial charge is 0.330 e. The maximum absolute atomic E-state index is 13.3. The minimum Gasteiger partial charge on any atom is -0.632 e. The highest BCUT2D eigenvalue weighted by Gasteiger charge is 2.18. The zero-order valence-corrected chi connectivity index (χ0v) is 14.7. The molecule has 27 heavy (non-hydrogen) atoms. The number of esters is 1. The van der Waals surface area contributed by atoms with E-state index >= 15 is 0 Å². The molecule has 0 aliphatic rings. The van der Waals surface area contributed by atoms with Crippen molar-refractivity contribution in [2.24, 2.45) is 0 Å². The molecule has 0 aliphatic heterocycles. The van der Waals surface area contributed by atoms with E-state index in [4.69, 9.17) is 9.84 Å². The lowest BCUT2D eigenvalue weighted by molar-refractivity contribution is -0.894. The summed E-state index contributed by atoms with van der Waals surface area (Å²) < 4.78 is 30.3. The van der Waals surface area contributed by atoms with Crippen LogP contribution in [0.2, 0.25) is 0 Å². The van der Waals surface area contributed by atoms with Gasteiger partial charge in [0.15, 0.2) is 0 Å². The lowest BCUT2D eigenvalue weighted by Crippen LogP contribution is -2.46. The first-order valence-electron chi connectivity index (χ1n) is 8.43. The van der Waals surface area contributed by atoms with Gasteiger partial charge in [-0.2, -0.15) is 0 Å². The maximum Gasteiger partial charge on any atom is 0.330 e. The van der Waals surface area contributed by atoms with E-state index in [2.05, 4.69) is 0 Å².